The van der Waals surface area contributed by atoms with Crippen LogP contribution < -0.4 is 5.32 Å². The van der Waals surface area contributed by atoms with Crippen molar-refractivity contribution in [2.75, 3.05) is 26.3 Å². The van der Waals surface area contributed by atoms with E-state index in [1.165, 1.54) is 29.2 Å². The number of nitrogens with zero attached hydrogens (tertiary/aromatic N) is 1. The zero-order valence-corrected chi connectivity index (χ0v) is 19.7. The molecule has 0 atom stereocenters. The van der Waals surface area contributed by atoms with E-state index in [9.17, 15) is 24.6 Å². The molecule has 0 saturated carbocycles. The Kier molecular flexibility index (Phi) is 9.01. The summed E-state index contributed by atoms with van der Waals surface area (Å²) in [6.07, 6.45) is 4.11. The van der Waals surface area contributed by atoms with E-state index in [1.807, 2.05) is 27.7 Å². The molecule has 1 aromatic carbocycles. The highest BCUT2D eigenvalue weighted by Crippen LogP contribution is 2.25. The van der Waals surface area contributed by atoms with Gasteiger partial charge in [-0.1, -0.05) is 6.07 Å². The van der Waals surface area contributed by atoms with Crippen molar-refractivity contribution in [3.8, 4) is 11.5 Å². The second kappa shape index (κ2) is 11.3. The fraction of sp³-hybridized carbons (Fsp3) is 0.542. The topological polar surface area (TPSA) is 125 Å². The first-order chi connectivity index (χ1) is 15.4. The van der Waals surface area contributed by atoms with Crippen molar-refractivity contribution in [3.63, 3.8) is 0 Å². The second-order valence-electron chi connectivity index (χ2n) is 9.24. The Morgan fingerprint density at radius 1 is 0.970 bits per heavy atom. The molecule has 0 spiro atoms. The van der Waals surface area contributed by atoms with E-state index in [4.69, 9.17) is 9.47 Å². The lowest BCUT2D eigenvalue weighted by molar-refractivity contribution is -0.138. The van der Waals surface area contributed by atoms with Gasteiger partial charge in [0.15, 0.2) is 11.5 Å². The van der Waals surface area contributed by atoms with Crippen LogP contribution in [-0.4, -0.2) is 70.3 Å². The summed E-state index contributed by atoms with van der Waals surface area (Å²) in [4.78, 5) is 36.6. The molecule has 3 amide bonds. The van der Waals surface area contributed by atoms with Gasteiger partial charge < -0.3 is 25.0 Å². The molecule has 1 aliphatic heterocycles. The minimum absolute atomic E-state index is 0.0938. The molecule has 1 aromatic rings. The average molecular weight is 463 g/mol. The molecule has 0 fully saturated rings. The molecule has 9 heteroatoms. The standard InChI is InChI=1S/C24H34N2O7/c1-23(2,10-13-26-21(30)7-8-22(26)31)32-14-11-24(3,4)33-16-20(29)25-12-9-17-5-6-18(27)19(28)15-17/h5-8,15,27-28H,9-14,16H2,1-4H3,(H,25,29). The van der Waals surface area contributed by atoms with E-state index < -0.39 is 11.2 Å². The number of phenolic OH excluding ortho intramolecular Hbond substituents is 2. The van der Waals surface area contributed by atoms with Gasteiger partial charge in [-0.15, -0.1) is 0 Å². The molecule has 2 rings (SSSR count). The first kappa shape index (κ1) is 26.3. The quantitative estimate of drug-likeness (QED) is 0.303. The summed E-state index contributed by atoms with van der Waals surface area (Å²) in [5.41, 5.74) is -0.318. The Hall–Kier alpha value is -2.91. The number of carbonyl (C=O) groups is 3. The van der Waals surface area contributed by atoms with E-state index in [-0.39, 0.29) is 35.8 Å². The Morgan fingerprint density at radius 2 is 1.61 bits per heavy atom. The zero-order chi connectivity index (χ0) is 24.6. The van der Waals surface area contributed by atoms with Gasteiger partial charge in [0.05, 0.1) is 17.8 Å². The van der Waals surface area contributed by atoms with Gasteiger partial charge in [0.2, 0.25) is 5.91 Å². The number of imide groups is 1. The molecule has 9 nitrogen and oxygen atoms in total. The summed E-state index contributed by atoms with van der Waals surface area (Å²) >= 11 is 0. The van der Waals surface area contributed by atoms with Gasteiger partial charge in [-0.2, -0.15) is 0 Å². The van der Waals surface area contributed by atoms with E-state index in [1.54, 1.807) is 6.07 Å². The fourth-order valence-corrected chi connectivity index (χ4v) is 3.13. The van der Waals surface area contributed by atoms with Crippen LogP contribution in [-0.2, 0) is 30.3 Å². The maximum Gasteiger partial charge on any atom is 0.253 e. The molecule has 1 aliphatic rings. The third kappa shape index (κ3) is 8.86. The number of phenols is 2. The normalized spacial score (nSPS) is 14.2. The largest absolute Gasteiger partial charge is 0.504 e. The smallest absolute Gasteiger partial charge is 0.253 e. The summed E-state index contributed by atoms with van der Waals surface area (Å²) in [6, 6.07) is 4.55. The van der Waals surface area contributed by atoms with Crippen LogP contribution >= 0.6 is 0 Å². The van der Waals surface area contributed by atoms with Crippen molar-refractivity contribution in [1.82, 2.24) is 10.2 Å². The molecule has 33 heavy (non-hydrogen) atoms. The lowest BCUT2D eigenvalue weighted by Crippen LogP contribution is -2.38. The summed E-state index contributed by atoms with van der Waals surface area (Å²) in [6.45, 7) is 8.53. The molecule has 0 aromatic heterocycles. The van der Waals surface area contributed by atoms with Crippen molar-refractivity contribution >= 4 is 17.7 Å². The summed E-state index contributed by atoms with van der Waals surface area (Å²) in [5, 5.41) is 21.6. The van der Waals surface area contributed by atoms with Gasteiger partial charge in [-0.3, -0.25) is 19.3 Å². The number of hydrogen-bond donors (Lipinski definition) is 3. The fourth-order valence-electron chi connectivity index (χ4n) is 3.13. The monoisotopic (exact) mass is 462 g/mol. The number of amides is 3. The first-order valence-corrected chi connectivity index (χ1v) is 11.0. The van der Waals surface area contributed by atoms with Crippen LogP contribution in [0.3, 0.4) is 0 Å². The first-order valence-electron chi connectivity index (χ1n) is 11.0. The Morgan fingerprint density at radius 3 is 2.24 bits per heavy atom. The molecule has 0 bridgehead atoms. The number of ether oxygens (including phenoxy) is 2. The molecule has 0 saturated heterocycles. The minimum Gasteiger partial charge on any atom is -0.504 e. The van der Waals surface area contributed by atoms with E-state index in [0.717, 1.165) is 5.56 Å². The molecular weight excluding hydrogens is 428 g/mol. The van der Waals surface area contributed by atoms with Crippen LogP contribution in [0.4, 0.5) is 0 Å². The Bertz CT molecular complexity index is 875. The van der Waals surface area contributed by atoms with Gasteiger partial charge in [-0.05, 0) is 64.7 Å². The minimum atomic E-state index is -0.582. The summed E-state index contributed by atoms with van der Waals surface area (Å²) < 4.78 is 11.7. The number of rotatable bonds is 13. The zero-order valence-electron chi connectivity index (χ0n) is 19.7. The third-order valence-electron chi connectivity index (χ3n) is 5.40. The molecule has 0 unspecified atom stereocenters. The van der Waals surface area contributed by atoms with Gasteiger partial charge in [0.1, 0.15) is 6.61 Å². The lowest BCUT2D eigenvalue weighted by atomic mass is 10.0. The number of hydrogen-bond acceptors (Lipinski definition) is 7. The van der Waals surface area contributed by atoms with E-state index in [2.05, 4.69) is 5.32 Å². The number of carbonyl (C=O) groups excluding carboxylic acids is 3. The highest BCUT2D eigenvalue weighted by Gasteiger charge is 2.28. The van der Waals surface area contributed by atoms with Crippen LogP contribution in [0.15, 0.2) is 30.4 Å². The summed E-state index contributed by atoms with van der Waals surface area (Å²) in [7, 11) is 0. The van der Waals surface area contributed by atoms with Crippen molar-refractivity contribution < 1.29 is 34.1 Å². The van der Waals surface area contributed by atoms with E-state index in [0.29, 0.717) is 39.0 Å². The molecule has 3 N–H and O–H groups in total. The van der Waals surface area contributed by atoms with Gasteiger partial charge in [-0.25, -0.2) is 0 Å². The Labute approximate surface area is 194 Å². The van der Waals surface area contributed by atoms with Crippen molar-refractivity contribution in [1.29, 1.82) is 0 Å². The Balaban J connectivity index is 1.63. The van der Waals surface area contributed by atoms with Crippen molar-refractivity contribution in [3.05, 3.63) is 35.9 Å². The highest BCUT2D eigenvalue weighted by molar-refractivity contribution is 6.12. The highest BCUT2D eigenvalue weighted by atomic mass is 16.5. The van der Waals surface area contributed by atoms with E-state index >= 15 is 0 Å². The second-order valence-corrected chi connectivity index (χ2v) is 9.24. The number of nitrogens with one attached hydrogen (secondary N) is 1. The maximum atomic E-state index is 12.1. The summed E-state index contributed by atoms with van der Waals surface area (Å²) in [5.74, 6) is -1.22. The average Bonchev–Trinajstić information content (AvgIpc) is 3.05. The molecular formula is C24H34N2O7. The number of benzene rings is 1. The van der Waals surface area contributed by atoms with Crippen LogP contribution in [0.5, 0.6) is 11.5 Å². The molecule has 0 radical (unpaired) electrons. The van der Waals surface area contributed by atoms with Crippen molar-refractivity contribution in [2.24, 2.45) is 0 Å². The SMILES string of the molecule is CC(C)(CCN1C(=O)C=CC1=O)OCCC(C)(C)OCC(=O)NCCc1ccc(O)c(O)c1. The molecule has 0 aliphatic carbocycles. The van der Waals surface area contributed by atoms with Gasteiger partial charge in [0.25, 0.3) is 11.8 Å². The number of aromatic hydroxyl groups is 2. The maximum absolute atomic E-state index is 12.1. The van der Waals surface area contributed by atoms with Crippen LogP contribution in [0.2, 0.25) is 0 Å². The van der Waals surface area contributed by atoms with Crippen LogP contribution in [0.1, 0.15) is 46.1 Å². The van der Waals surface area contributed by atoms with Crippen molar-refractivity contribution in [2.45, 2.75) is 58.2 Å². The predicted molar refractivity (Wildman–Crippen MR) is 122 cm³/mol. The molecule has 182 valence electrons. The predicted octanol–water partition coefficient (Wildman–Crippen LogP) is 2.05. The lowest BCUT2D eigenvalue weighted by Gasteiger charge is -2.30. The van der Waals surface area contributed by atoms with Gasteiger partial charge >= 0.3 is 0 Å². The third-order valence-corrected chi connectivity index (χ3v) is 5.40. The van der Waals surface area contributed by atoms with Crippen LogP contribution in [0, 0.1) is 0 Å². The molecule has 1 heterocycles. The van der Waals surface area contributed by atoms with Gasteiger partial charge in [0, 0.05) is 25.2 Å². The van der Waals surface area contributed by atoms with Crippen LogP contribution in [0.25, 0.3) is 0 Å².